The molecule has 0 amide bonds. The van der Waals surface area contributed by atoms with Crippen molar-refractivity contribution in [3.8, 4) is 0 Å². The number of nitrogens with two attached hydrogens (primary N) is 1. The fourth-order valence-corrected chi connectivity index (χ4v) is 3.82. The van der Waals surface area contributed by atoms with Gasteiger partial charge in [-0.05, 0) is 29.8 Å². The number of esters is 1. The molecule has 31 heavy (non-hydrogen) atoms. The topological polar surface area (TPSA) is 121 Å². The maximum absolute atomic E-state index is 12.6. The van der Waals surface area contributed by atoms with Crippen LogP contribution < -0.4 is 10.5 Å². The van der Waals surface area contributed by atoms with Gasteiger partial charge in [-0.1, -0.05) is 41.9 Å². The molecule has 0 radical (unpaired) electrons. The van der Waals surface area contributed by atoms with Crippen LogP contribution in [0.25, 0.3) is 0 Å². The van der Waals surface area contributed by atoms with E-state index in [0.717, 1.165) is 11.6 Å². The summed E-state index contributed by atoms with van der Waals surface area (Å²) in [7, 11) is -4.13. The lowest BCUT2D eigenvalue weighted by Crippen LogP contribution is -2.17. The number of rotatable bonds is 10. The molecule has 3 N–H and O–H groups in total. The third-order valence-electron chi connectivity index (χ3n) is 4.20. The molecule has 0 saturated carbocycles. The van der Waals surface area contributed by atoms with Crippen LogP contribution >= 0.6 is 11.6 Å². The zero-order valence-corrected chi connectivity index (χ0v) is 18.0. The van der Waals surface area contributed by atoms with Gasteiger partial charge in [0.2, 0.25) is 10.0 Å². The van der Waals surface area contributed by atoms with Crippen molar-refractivity contribution in [2.24, 2.45) is 5.14 Å². The average molecular weight is 465 g/mol. The monoisotopic (exact) mass is 464 g/mol. The minimum atomic E-state index is -4.13. The Morgan fingerprint density at radius 1 is 1.10 bits per heavy atom. The standard InChI is InChI=1S/C21H21ClN2O6S/c22-18-12-19(24-13-16-7-4-8-29-16)17(11-20(18)31(23,26)27)21(25)30-10-9-28-14-15-5-2-1-3-6-15/h1-8,11-12,24H,9-10,13-14H2,(H2,23,26,27). The van der Waals surface area contributed by atoms with Crippen molar-refractivity contribution in [1.29, 1.82) is 0 Å². The number of furan rings is 1. The second-order valence-corrected chi connectivity index (χ2v) is 8.42. The molecule has 3 aromatic rings. The number of halogens is 1. The SMILES string of the molecule is NS(=O)(=O)c1cc(C(=O)OCCOCc2ccccc2)c(NCc2ccco2)cc1Cl. The zero-order chi connectivity index (χ0) is 22.3. The van der Waals surface area contributed by atoms with E-state index in [9.17, 15) is 13.2 Å². The Hall–Kier alpha value is -2.85. The van der Waals surface area contributed by atoms with E-state index < -0.39 is 16.0 Å². The molecule has 0 saturated heterocycles. The molecule has 0 fully saturated rings. The molecule has 1 aromatic heterocycles. The maximum Gasteiger partial charge on any atom is 0.340 e. The molecule has 0 atom stereocenters. The van der Waals surface area contributed by atoms with E-state index >= 15 is 0 Å². The van der Waals surface area contributed by atoms with Gasteiger partial charge in [0.05, 0.1) is 42.3 Å². The van der Waals surface area contributed by atoms with Crippen molar-refractivity contribution in [3.05, 3.63) is 82.8 Å². The highest BCUT2D eigenvalue weighted by Crippen LogP contribution is 2.29. The summed E-state index contributed by atoms with van der Waals surface area (Å²) in [4.78, 5) is 12.3. The van der Waals surface area contributed by atoms with Crippen molar-refractivity contribution < 1.29 is 27.1 Å². The first-order chi connectivity index (χ1) is 14.8. The molecule has 10 heteroatoms. The number of benzene rings is 2. The quantitative estimate of drug-likeness (QED) is 0.347. The summed E-state index contributed by atoms with van der Waals surface area (Å²) < 4.78 is 39.6. The van der Waals surface area contributed by atoms with Crippen LogP contribution in [0.5, 0.6) is 0 Å². The molecular formula is C21H21ClN2O6S. The van der Waals surface area contributed by atoms with Crippen LogP contribution in [-0.2, 0) is 32.6 Å². The average Bonchev–Trinajstić information content (AvgIpc) is 3.25. The molecule has 0 aliphatic heterocycles. The number of sulfonamides is 1. The van der Waals surface area contributed by atoms with Crippen LogP contribution in [0, 0.1) is 0 Å². The number of hydrogen-bond donors (Lipinski definition) is 2. The molecule has 1 heterocycles. The molecule has 3 rings (SSSR count). The molecule has 0 spiro atoms. The second kappa shape index (κ2) is 10.5. The summed E-state index contributed by atoms with van der Waals surface area (Å²) in [5.41, 5.74) is 1.25. The Balaban J connectivity index is 1.67. The van der Waals surface area contributed by atoms with Crippen molar-refractivity contribution >= 4 is 33.3 Å². The van der Waals surface area contributed by atoms with Crippen molar-refractivity contribution in [2.45, 2.75) is 18.0 Å². The zero-order valence-electron chi connectivity index (χ0n) is 16.4. The Bertz CT molecular complexity index is 1120. The molecule has 0 aliphatic rings. The minimum Gasteiger partial charge on any atom is -0.467 e. The number of carbonyl (C=O) groups is 1. The van der Waals surface area contributed by atoms with Crippen LogP contribution in [0.2, 0.25) is 5.02 Å². The third kappa shape index (κ3) is 6.56. The molecule has 2 aromatic carbocycles. The van der Waals surface area contributed by atoms with E-state index in [1.54, 1.807) is 12.1 Å². The number of nitrogens with one attached hydrogen (secondary N) is 1. The predicted molar refractivity (Wildman–Crippen MR) is 115 cm³/mol. The lowest BCUT2D eigenvalue weighted by atomic mass is 10.1. The van der Waals surface area contributed by atoms with E-state index in [-0.39, 0.29) is 40.9 Å². The van der Waals surface area contributed by atoms with Crippen molar-refractivity contribution in [1.82, 2.24) is 0 Å². The number of primary sulfonamides is 1. The van der Waals surface area contributed by atoms with Gasteiger partial charge >= 0.3 is 5.97 Å². The summed E-state index contributed by atoms with van der Waals surface area (Å²) in [6.07, 6.45) is 1.51. The molecule has 164 valence electrons. The Morgan fingerprint density at radius 2 is 1.87 bits per heavy atom. The first-order valence-electron chi connectivity index (χ1n) is 9.26. The predicted octanol–water partition coefficient (Wildman–Crippen LogP) is 3.57. The largest absolute Gasteiger partial charge is 0.467 e. The summed E-state index contributed by atoms with van der Waals surface area (Å²) in [6, 6.07) is 15.4. The van der Waals surface area contributed by atoms with Crippen LogP contribution in [0.1, 0.15) is 21.7 Å². The summed E-state index contributed by atoms with van der Waals surface area (Å²) >= 11 is 6.06. The van der Waals surface area contributed by atoms with Gasteiger partial charge in [-0.3, -0.25) is 0 Å². The Kier molecular flexibility index (Phi) is 7.69. The van der Waals surface area contributed by atoms with E-state index in [1.165, 1.54) is 12.3 Å². The highest BCUT2D eigenvalue weighted by atomic mass is 35.5. The van der Waals surface area contributed by atoms with E-state index in [4.69, 9.17) is 30.6 Å². The third-order valence-corrected chi connectivity index (χ3v) is 5.58. The number of carbonyl (C=O) groups excluding carboxylic acids is 1. The van der Waals surface area contributed by atoms with Gasteiger partial charge in [-0.15, -0.1) is 0 Å². The van der Waals surface area contributed by atoms with Gasteiger partial charge in [0.1, 0.15) is 17.3 Å². The maximum atomic E-state index is 12.6. The number of anilines is 1. The lowest BCUT2D eigenvalue weighted by molar-refractivity contribution is 0.0289. The first kappa shape index (κ1) is 22.8. The summed E-state index contributed by atoms with van der Waals surface area (Å²) in [5.74, 6) is -0.132. The first-order valence-corrected chi connectivity index (χ1v) is 11.2. The number of hydrogen-bond acceptors (Lipinski definition) is 7. The van der Waals surface area contributed by atoms with Gasteiger partial charge in [-0.2, -0.15) is 0 Å². The van der Waals surface area contributed by atoms with Crippen molar-refractivity contribution in [3.63, 3.8) is 0 Å². The van der Waals surface area contributed by atoms with Crippen molar-refractivity contribution in [2.75, 3.05) is 18.5 Å². The van der Waals surface area contributed by atoms with E-state index in [1.807, 2.05) is 30.3 Å². The highest BCUT2D eigenvalue weighted by molar-refractivity contribution is 7.89. The Morgan fingerprint density at radius 3 is 2.55 bits per heavy atom. The minimum absolute atomic E-state index is 0.0172. The summed E-state index contributed by atoms with van der Waals surface area (Å²) in [5, 5.41) is 8.08. The van der Waals surface area contributed by atoms with Gasteiger partial charge in [0, 0.05) is 0 Å². The smallest absolute Gasteiger partial charge is 0.340 e. The number of ether oxygens (including phenoxy) is 2. The normalized spacial score (nSPS) is 11.3. The van der Waals surface area contributed by atoms with Crippen LogP contribution in [0.3, 0.4) is 0 Å². The second-order valence-electron chi connectivity index (χ2n) is 6.48. The van der Waals surface area contributed by atoms with Crippen LogP contribution in [0.15, 0.2) is 70.2 Å². The van der Waals surface area contributed by atoms with Gasteiger partial charge in [-0.25, -0.2) is 18.4 Å². The molecular weight excluding hydrogens is 444 g/mol. The molecule has 8 nitrogen and oxygen atoms in total. The Labute approximate surface area is 185 Å². The van der Waals surface area contributed by atoms with Gasteiger partial charge in [0.15, 0.2) is 0 Å². The lowest BCUT2D eigenvalue weighted by Gasteiger charge is -2.14. The highest BCUT2D eigenvalue weighted by Gasteiger charge is 2.21. The fraction of sp³-hybridized carbons (Fsp3) is 0.190. The van der Waals surface area contributed by atoms with E-state index in [2.05, 4.69) is 5.32 Å². The van der Waals surface area contributed by atoms with Crippen LogP contribution in [-0.4, -0.2) is 27.6 Å². The van der Waals surface area contributed by atoms with Gasteiger partial charge < -0.3 is 19.2 Å². The molecule has 0 aliphatic carbocycles. The van der Waals surface area contributed by atoms with E-state index in [0.29, 0.717) is 12.4 Å². The molecule has 0 unspecified atom stereocenters. The summed E-state index contributed by atoms with van der Waals surface area (Å²) in [6.45, 7) is 0.783. The molecule has 0 bridgehead atoms. The van der Waals surface area contributed by atoms with Crippen LogP contribution in [0.4, 0.5) is 5.69 Å². The van der Waals surface area contributed by atoms with Gasteiger partial charge in [0.25, 0.3) is 0 Å². The fourth-order valence-electron chi connectivity index (χ4n) is 2.72.